The molecule has 2 atom stereocenters. The first-order chi connectivity index (χ1) is 20.2. The van der Waals surface area contributed by atoms with Crippen molar-refractivity contribution in [2.75, 3.05) is 19.7 Å². The third-order valence-electron chi connectivity index (χ3n) is 6.79. The minimum atomic E-state index is -1.19. The SMILES string of the molecule is CCCCCCCCN(C(=O)C(CC(C)C)NC(=O)OC(C)(C)C)C(C(=O)NCCC(=O)OCC)c1cccc(C)c1O. The molecule has 1 rings (SSSR count). The highest BCUT2D eigenvalue weighted by atomic mass is 16.6. The van der Waals surface area contributed by atoms with Crippen LogP contribution in [0.5, 0.6) is 5.75 Å². The number of hydrogen-bond acceptors (Lipinski definition) is 7. The second kappa shape index (κ2) is 19.1. The van der Waals surface area contributed by atoms with E-state index < -0.39 is 41.6 Å². The Hall–Kier alpha value is -3.30. The third-order valence-corrected chi connectivity index (χ3v) is 6.79. The van der Waals surface area contributed by atoms with Crippen LogP contribution < -0.4 is 10.6 Å². The van der Waals surface area contributed by atoms with Crippen molar-refractivity contribution in [2.24, 2.45) is 5.92 Å². The monoisotopic (exact) mass is 605 g/mol. The molecule has 0 saturated carbocycles. The number of hydrogen-bond donors (Lipinski definition) is 3. The average molecular weight is 606 g/mol. The predicted octanol–water partition coefficient (Wildman–Crippen LogP) is 5.94. The van der Waals surface area contributed by atoms with E-state index in [4.69, 9.17) is 9.47 Å². The summed E-state index contributed by atoms with van der Waals surface area (Å²) in [4.78, 5) is 54.4. The van der Waals surface area contributed by atoms with Gasteiger partial charge >= 0.3 is 12.1 Å². The molecule has 1 aromatic rings. The van der Waals surface area contributed by atoms with E-state index in [1.165, 1.54) is 4.90 Å². The van der Waals surface area contributed by atoms with E-state index in [2.05, 4.69) is 17.6 Å². The molecule has 0 spiro atoms. The number of aromatic hydroxyl groups is 1. The van der Waals surface area contributed by atoms with Crippen LogP contribution in [-0.4, -0.2) is 65.2 Å². The van der Waals surface area contributed by atoms with Gasteiger partial charge in [-0.3, -0.25) is 14.4 Å². The van der Waals surface area contributed by atoms with Crippen molar-refractivity contribution in [3.05, 3.63) is 29.3 Å². The van der Waals surface area contributed by atoms with Gasteiger partial charge in [-0.1, -0.05) is 71.1 Å². The van der Waals surface area contributed by atoms with E-state index in [-0.39, 0.29) is 43.3 Å². The normalized spacial score (nSPS) is 12.8. The van der Waals surface area contributed by atoms with Gasteiger partial charge in [0.1, 0.15) is 23.4 Å². The molecule has 0 aromatic heterocycles. The van der Waals surface area contributed by atoms with Crippen LogP contribution in [0.15, 0.2) is 18.2 Å². The molecule has 0 aliphatic carbocycles. The maximum atomic E-state index is 14.3. The van der Waals surface area contributed by atoms with Crippen molar-refractivity contribution in [1.29, 1.82) is 0 Å². The number of rotatable bonds is 18. The average Bonchev–Trinajstić information content (AvgIpc) is 2.90. The number of amides is 3. The summed E-state index contributed by atoms with van der Waals surface area (Å²) in [7, 11) is 0. The molecule has 1 aromatic carbocycles. The van der Waals surface area contributed by atoms with E-state index >= 15 is 0 Å². The van der Waals surface area contributed by atoms with E-state index in [1.54, 1.807) is 52.8 Å². The molecule has 3 amide bonds. The largest absolute Gasteiger partial charge is 0.507 e. The Kier molecular flexibility index (Phi) is 16.7. The zero-order valence-corrected chi connectivity index (χ0v) is 27.6. The first-order valence-corrected chi connectivity index (χ1v) is 15.7. The molecule has 0 bridgehead atoms. The van der Waals surface area contributed by atoms with Crippen molar-refractivity contribution in [3.8, 4) is 5.75 Å². The first-order valence-electron chi connectivity index (χ1n) is 15.7. The summed E-state index contributed by atoms with van der Waals surface area (Å²) < 4.78 is 10.4. The molecule has 0 heterocycles. The molecule has 0 radical (unpaired) electrons. The van der Waals surface area contributed by atoms with Gasteiger partial charge in [0, 0.05) is 18.7 Å². The van der Waals surface area contributed by atoms with Crippen LogP contribution in [0.3, 0.4) is 0 Å². The summed E-state index contributed by atoms with van der Waals surface area (Å²) in [5, 5.41) is 16.6. The number of carbonyl (C=O) groups excluding carboxylic acids is 4. The maximum absolute atomic E-state index is 14.3. The van der Waals surface area contributed by atoms with Crippen molar-refractivity contribution >= 4 is 23.9 Å². The Morgan fingerprint density at radius 1 is 1.00 bits per heavy atom. The minimum absolute atomic E-state index is 0.00533. The number of alkyl carbamates (subject to hydrolysis) is 1. The molecule has 0 fully saturated rings. The summed E-state index contributed by atoms with van der Waals surface area (Å²) in [5.74, 6) is -1.47. The highest BCUT2D eigenvalue weighted by Crippen LogP contribution is 2.33. The van der Waals surface area contributed by atoms with Crippen LogP contribution in [0.2, 0.25) is 0 Å². The minimum Gasteiger partial charge on any atom is -0.507 e. The summed E-state index contributed by atoms with van der Waals surface area (Å²) in [6, 6.07) is 2.91. The predicted molar refractivity (Wildman–Crippen MR) is 168 cm³/mol. The van der Waals surface area contributed by atoms with Crippen molar-refractivity contribution in [2.45, 2.75) is 124 Å². The smallest absolute Gasteiger partial charge is 0.408 e. The lowest BCUT2D eigenvalue weighted by molar-refractivity contribution is -0.144. The van der Waals surface area contributed by atoms with Gasteiger partial charge in [0.25, 0.3) is 0 Å². The molecule has 10 heteroatoms. The number of ether oxygens (including phenoxy) is 2. The molecular weight excluding hydrogens is 550 g/mol. The summed E-state index contributed by atoms with van der Waals surface area (Å²) in [6.45, 7) is 15.2. The molecule has 3 N–H and O–H groups in total. The fourth-order valence-corrected chi connectivity index (χ4v) is 4.74. The molecule has 2 unspecified atom stereocenters. The van der Waals surface area contributed by atoms with Crippen LogP contribution >= 0.6 is 0 Å². The molecule has 0 aliphatic heterocycles. The van der Waals surface area contributed by atoms with Crippen LogP contribution in [-0.2, 0) is 23.9 Å². The van der Waals surface area contributed by atoms with E-state index in [0.717, 1.165) is 32.1 Å². The number of unbranched alkanes of at least 4 members (excludes halogenated alkanes) is 5. The number of carbonyl (C=O) groups is 4. The highest BCUT2D eigenvalue weighted by molar-refractivity contribution is 5.92. The zero-order chi connectivity index (χ0) is 32.6. The second-order valence-electron chi connectivity index (χ2n) is 12.4. The Bertz CT molecular complexity index is 1040. The quantitative estimate of drug-likeness (QED) is 0.139. The van der Waals surface area contributed by atoms with Gasteiger partial charge in [-0.15, -0.1) is 0 Å². The van der Waals surface area contributed by atoms with Gasteiger partial charge in [-0.25, -0.2) is 4.79 Å². The fraction of sp³-hybridized carbons (Fsp3) is 0.697. The lowest BCUT2D eigenvalue weighted by atomic mass is 9.97. The number of phenolic OH excluding ortho intramolecular Hbond substituents is 1. The van der Waals surface area contributed by atoms with E-state index in [9.17, 15) is 24.3 Å². The molecule has 43 heavy (non-hydrogen) atoms. The lowest BCUT2D eigenvalue weighted by Crippen LogP contribution is -2.53. The number of phenols is 1. The summed E-state index contributed by atoms with van der Waals surface area (Å²) in [6.07, 6.45) is 5.37. The van der Waals surface area contributed by atoms with Gasteiger partial charge in [-0.05, 0) is 58.9 Å². The van der Waals surface area contributed by atoms with Crippen LogP contribution in [0.4, 0.5) is 4.79 Å². The Labute approximate surface area is 258 Å². The zero-order valence-electron chi connectivity index (χ0n) is 27.6. The van der Waals surface area contributed by atoms with Crippen molar-refractivity contribution in [1.82, 2.24) is 15.5 Å². The van der Waals surface area contributed by atoms with Gasteiger partial charge in [0.05, 0.1) is 13.0 Å². The number of para-hydroxylation sites is 1. The second-order valence-corrected chi connectivity index (χ2v) is 12.4. The number of aryl methyl sites for hydroxylation is 1. The standard InChI is InChI=1S/C33H55N3O7/c1-9-11-12-13-14-15-21-36(31(40)26(22-23(3)4)35-32(41)43-33(6,7)8)28(25-18-16-17-24(5)29(25)38)30(39)34-20-19-27(37)42-10-2/h16-18,23,26,28,38H,9-15,19-22H2,1-8H3,(H,34,39)(H,35,41). The van der Waals surface area contributed by atoms with Gasteiger partial charge in [-0.2, -0.15) is 0 Å². The summed E-state index contributed by atoms with van der Waals surface area (Å²) in [5.41, 5.74) is 0.0653. The Balaban J connectivity index is 3.51. The molecule has 244 valence electrons. The number of esters is 1. The maximum Gasteiger partial charge on any atom is 0.408 e. The van der Waals surface area contributed by atoms with Crippen LogP contribution in [0, 0.1) is 12.8 Å². The van der Waals surface area contributed by atoms with Crippen LogP contribution in [0.25, 0.3) is 0 Å². The number of nitrogens with zero attached hydrogens (tertiary/aromatic N) is 1. The third kappa shape index (κ3) is 14.1. The molecule has 0 saturated heterocycles. The van der Waals surface area contributed by atoms with Crippen molar-refractivity contribution in [3.63, 3.8) is 0 Å². The van der Waals surface area contributed by atoms with E-state index in [1.807, 2.05) is 13.8 Å². The summed E-state index contributed by atoms with van der Waals surface area (Å²) >= 11 is 0. The highest BCUT2D eigenvalue weighted by Gasteiger charge is 2.37. The van der Waals surface area contributed by atoms with Gasteiger partial charge < -0.3 is 30.1 Å². The van der Waals surface area contributed by atoms with E-state index in [0.29, 0.717) is 18.4 Å². The lowest BCUT2D eigenvalue weighted by Gasteiger charge is -2.35. The van der Waals surface area contributed by atoms with Crippen molar-refractivity contribution < 1.29 is 33.8 Å². The Morgan fingerprint density at radius 2 is 1.65 bits per heavy atom. The van der Waals surface area contributed by atoms with Gasteiger partial charge in [0.15, 0.2) is 0 Å². The fourth-order valence-electron chi connectivity index (χ4n) is 4.74. The van der Waals surface area contributed by atoms with Gasteiger partial charge in [0.2, 0.25) is 11.8 Å². The van der Waals surface area contributed by atoms with Crippen LogP contribution in [0.1, 0.15) is 117 Å². The number of nitrogens with one attached hydrogen (secondary N) is 2. The molecule has 10 nitrogen and oxygen atoms in total. The number of benzene rings is 1. The Morgan fingerprint density at radius 3 is 2.26 bits per heavy atom. The molecular formula is C33H55N3O7. The molecule has 0 aliphatic rings. The topological polar surface area (TPSA) is 134 Å². The first kappa shape index (κ1) is 37.7.